The van der Waals surface area contributed by atoms with Gasteiger partial charge in [-0.25, -0.2) is 12.7 Å². The molecule has 1 N–H and O–H groups in total. The van der Waals surface area contributed by atoms with E-state index in [1.54, 1.807) is 36.4 Å². The molecule has 0 radical (unpaired) electrons. The van der Waals surface area contributed by atoms with Gasteiger partial charge in [0, 0.05) is 19.0 Å². The van der Waals surface area contributed by atoms with Crippen LogP contribution < -0.4 is 10.1 Å². The molecule has 0 saturated heterocycles. The van der Waals surface area contributed by atoms with Gasteiger partial charge in [0.05, 0.1) is 19.2 Å². The molecule has 0 unspecified atom stereocenters. The van der Waals surface area contributed by atoms with Crippen LogP contribution in [0.4, 0.5) is 0 Å². The number of nitrogens with one attached hydrogen (secondary N) is 1. The van der Waals surface area contributed by atoms with Crippen molar-refractivity contribution in [3.05, 3.63) is 46.8 Å². The maximum Gasteiger partial charge on any atom is 0.255 e. The van der Waals surface area contributed by atoms with Gasteiger partial charge in [-0.05, 0) is 24.3 Å². The van der Waals surface area contributed by atoms with Gasteiger partial charge in [-0.1, -0.05) is 12.1 Å². The van der Waals surface area contributed by atoms with Gasteiger partial charge in [0.2, 0.25) is 0 Å². The molecular weight excluding hydrogens is 336 g/mol. The van der Waals surface area contributed by atoms with Crippen LogP contribution in [0, 0.1) is 0 Å². The molecule has 1 amide bonds. The van der Waals surface area contributed by atoms with Gasteiger partial charge in [0.1, 0.15) is 9.96 Å². The fraction of sp³-hybridized carbons (Fsp3) is 0.267. The molecule has 0 aliphatic heterocycles. The molecule has 0 bridgehead atoms. The maximum absolute atomic E-state index is 12.2. The van der Waals surface area contributed by atoms with Gasteiger partial charge in [-0.15, -0.1) is 11.3 Å². The molecule has 1 heterocycles. The molecule has 0 saturated carbocycles. The minimum atomic E-state index is -3.44. The highest BCUT2D eigenvalue weighted by Gasteiger charge is 2.19. The Hall–Kier alpha value is -1.90. The number of hydrogen-bond acceptors (Lipinski definition) is 5. The van der Waals surface area contributed by atoms with Gasteiger partial charge in [0.25, 0.3) is 15.9 Å². The van der Waals surface area contributed by atoms with Crippen LogP contribution in [0.3, 0.4) is 0 Å². The number of para-hydroxylation sites is 1. The Bertz CT molecular complexity index is 797. The van der Waals surface area contributed by atoms with Crippen LogP contribution in [0.25, 0.3) is 0 Å². The second-order valence-corrected chi connectivity index (χ2v) is 8.44. The first-order valence-corrected chi connectivity index (χ1v) is 9.04. The Morgan fingerprint density at radius 1 is 1.22 bits per heavy atom. The smallest absolute Gasteiger partial charge is 0.255 e. The normalized spacial score (nSPS) is 11.5. The van der Waals surface area contributed by atoms with E-state index in [0.717, 1.165) is 20.5 Å². The van der Waals surface area contributed by atoms with Crippen LogP contribution in [0.5, 0.6) is 5.75 Å². The summed E-state index contributed by atoms with van der Waals surface area (Å²) in [5, 5.41) is 2.77. The van der Waals surface area contributed by atoms with Gasteiger partial charge in [-0.3, -0.25) is 4.79 Å². The molecule has 0 aliphatic carbocycles. The number of carbonyl (C=O) groups excluding carboxylic acids is 1. The van der Waals surface area contributed by atoms with E-state index in [1.807, 2.05) is 0 Å². The van der Waals surface area contributed by atoms with E-state index in [0.29, 0.717) is 11.3 Å². The highest BCUT2D eigenvalue weighted by Crippen LogP contribution is 2.24. The Labute approximate surface area is 139 Å². The number of hydrogen-bond donors (Lipinski definition) is 1. The Balaban J connectivity index is 2.07. The zero-order valence-corrected chi connectivity index (χ0v) is 14.7. The number of sulfonamides is 1. The van der Waals surface area contributed by atoms with Crippen molar-refractivity contribution in [2.24, 2.45) is 0 Å². The van der Waals surface area contributed by atoms with Crippen LogP contribution >= 0.6 is 11.3 Å². The van der Waals surface area contributed by atoms with E-state index >= 15 is 0 Å². The highest BCUT2D eigenvalue weighted by molar-refractivity contribution is 7.91. The molecule has 0 aliphatic rings. The molecule has 0 spiro atoms. The summed E-state index contributed by atoms with van der Waals surface area (Å²) in [5.41, 5.74) is 0.438. The molecule has 0 atom stereocenters. The predicted molar refractivity (Wildman–Crippen MR) is 89.4 cm³/mol. The Morgan fingerprint density at radius 2 is 1.91 bits per heavy atom. The average Bonchev–Trinajstić information content (AvgIpc) is 3.02. The zero-order valence-electron chi connectivity index (χ0n) is 13.1. The lowest BCUT2D eigenvalue weighted by Crippen LogP contribution is -2.23. The topological polar surface area (TPSA) is 75.7 Å². The lowest BCUT2D eigenvalue weighted by molar-refractivity contribution is 0.0948. The molecule has 6 nitrogen and oxygen atoms in total. The summed E-state index contributed by atoms with van der Waals surface area (Å²) in [5.74, 6) is 0.222. The second-order valence-electron chi connectivity index (χ2n) is 4.89. The van der Waals surface area contributed by atoms with Crippen LogP contribution in [0.2, 0.25) is 0 Å². The van der Waals surface area contributed by atoms with E-state index < -0.39 is 10.0 Å². The minimum Gasteiger partial charge on any atom is -0.496 e. The van der Waals surface area contributed by atoms with Crippen LogP contribution in [0.1, 0.15) is 15.2 Å². The summed E-state index contributed by atoms with van der Waals surface area (Å²) in [6, 6.07) is 10.2. The van der Waals surface area contributed by atoms with Crippen molar-refractivity contribution >= 4 is 27.3 Å². The number of ether oxygens (including phenoxy) is 1. The average molecular weight is 354 g/mol. The van der Waals surface area contributed by atoms with E-state index in [9.17, 15) is 13.2 Å². The molecular formula is C15H18N2O4S2. The molecule has 0 fully saturated rings. The number of nitrogens with zero attached hydrogens (tertiary/aromatic N) is 1. The van der Waals surface area contributed by atoms with E-state index in [4.69, 9.17) is 4.74 Å². The van der Waals surface area contributed by atoms with Gasteiger partial charge in [-0.2, -0.15) is 0 Å². The number of carbonyl (C=O) groups is 1. The molecule has 2 aromatic rings. The number of benzene rings is 1. The lowest BCUT2D eigenvalue weighted by Gasteiger charge is -2.09. The van der Waals surface area contributed by atoms with Crippen LogP contribution in [0.15, 0.2) is 40.6 Å². The molecule has 124 valence electrons. The monoisotopic (exact) mass is 354 g/mol. The van der Waals surface area contributed by atoms with Crippen molar-refractivity contribution < 1.29 is 17.9 Å². The van der Waals surface area contributed by atoms with E-state index in [1.165, 1.54) is 21.2 Å². The lowest BCUT2D eigenvalue weighted by atomic mass is 10.2. The molecule has 8 heteroatoms. The summed E-state index contributed by atoms with van der Waals surface area (Å²) in [4.78, 5) is 13.0. The third-order valence-electron chi connectivity index (χ3n) is 3.15. The summed E-state index contributed by atoms with van der Waals surface area (Å²) >= 11 is 1.14. The third-order valence-corrected chi connectivity index (χ3v) is 6.51. The second kappa shape index (κ2) is 7.12. The van der Waals surface area contributed by atoms with Crippen molar-refractivity contribution in [1.29, 1.82) is 0 Å². The molecule has 2 rings (SSSR count). The minimum absolute atomic E-state index is 0.254. The Morgan fingerprint density at radius 3 is 2.57 bits per heavy atom. The fourth-order valence-electron chi connectivity index (χ4n) is 1.87. The van der Waals surface area contributed by atoms with E-state index in [-0.39, 0.29) is 16.7 Å². The summed E-state index contributed by atoms with van der Waals surface area (Å²) < 4.78 is 30.6. The Kier molecular flexibility index (Phi) is 5.40. The van der Waals surface area contributed by atoms with Gasteiger partial charge < -0.3 is 10.1 Å². The highest BCUT2D eigenvalue weighted by atomic mass is 32.2. The predicted octanol–water partition coefficient (Wildman–Crippen LogP) is 1.94. The molecule has 23 heavy (non-hydrogen) atoms. The maximum atomic E-state index is 12.2. The summed E-state index contributed by atoms with van der Waals surface area (Å²) in [6.07, 6.45) is 0. The van der Waals surface area contributed by atoms with Crippen molar-refractivity contribution in [2.45, 2.75) is 10.8 Å². The molecule has 1 aromatic heterocycles. The number of methoxy groups -OCH3 is 1. The SMILES string of the molecule is COc1ccccc1C(=O)NCc1ccc(S(=O)(=O)N(C)C)s1. The first-order chi connectivity index (χ1) is 10.9. The third kappa shape index (κ3) is 3.90. The fourth-order valence-corrected chi connectivity index (χ4v) is 4.33. The number of rotatable bonds is 6. The molecule has 1 aromatic carbocycles. The number of amides is 1. The zero-order chi connectivity index (χ0) is 17.0. The van der Waals surface area contributed by atoms with E-state index in [2.05, 4.69) is 5.32 Å². The quantitative estimate of drug-likeness (QED) is 0.860. The van der Waals surface area contributed by atoms with Gasteiger partial charge >= 0.3 is 0 Å². The van der Waals surface area contributed by atoms with Crippen molar-refractivity contribution in [3.63, 3.8) is 0 Å². The number of thiophene rings is 1. The van der Waals surface area contributed by atoms with Crippen molar-refractivity contribution in [3.8, 4) is 5.75 Å². The van der Waals surface area contributed by atoms with Crippen molar-refractivity contribution in [1.82, 2.24) is 9.62 Å². The first kappa shape index (κ1) is 17.5. The van der Waals surface area contributed by atoms with Gasteiger partial charge in [0.15, 0.2) is 0 Å². The summed E-state index contributed by atoms with van der Waals surface area (Å²) in [6.45, 7) is 0.254. The van der Waals surface area contributed by atoms with Crippen LogP contribution in [-0.4, -0.2) is 39.8 Å². The standard InChI is InChI=1S/C15H18N2O4S2/c1-17(2)23(19,20)14-9-8-11(22-14)10-16-15(18)12-6-4-5-7-13(12)21-3/h4-9H,10H2,1-3H3,(H,16,18). The van der Waals surface area contributed by atoms with Crippen LogP contribution in [-0.2, 0) is 16.6 Å². The first-order valence-electron chi connectivity index (χ1n) is 6.78. The van der Waals surface area contributed by atoms with Crippen molar-refractivity contribution in [2.75, 3.05) is 21.2 Å². The summed E-state index contributed by atoms with van der Waals surface area (Å²) in [7, 11) is 1.03. The largest absolute Gasteiger partial charge is 0.496 e.